The summed E-state index contributed by atoms with van der Waals surface area (Å²) < 4.78 is 140. The molecule has 0 saturated heterocycles. The Balaban J connectivity index is 0.000000146. The molecule has 38 heteroatoms. The molecule has 0 saturated carbocycles. The van der Waals surface area contributed by atoms with Gasteiger partial charge in [-0.1, -0.05) is 21.8 Å². The molecule has 0 amide bonds. The van der Waals surface area contributed by atoms with Crippen molar-refractivity contribution in [2.45, 2.75) is 39.6 Å². The average Bonchev–Trinajstić information content (AvgIpc) is 1.71. The summed E-state index contributed by atoms with van der Waals surface area (Å²) in [7, 11) is 7.52. The molecule has 10 heterocycles. The topological polar surface area (TPSA) is 279 Å². The van der Waals surface area contributed by atoms with E-state index < -0.39 is 63.9 Å². The first-order valence-corrected chi connectivity index (χ1v) is 35.7. The highest BCUT2D eigenvalue weighted by atomic mass is 19.2. The van der Waals surface area contributed by atoms with Gasteiger partial charge in [-0.15, -0.1) is 21.2 Å². The van der Waals surface area contributed by atoms with E-state index >= 15 is 0 Å². The van der Waals surface area contributed by atoms with Gasteiger partial charge in [0.25, 0.3) is 5.69 Å². The fourth-order valence-electron chi connectivity index (χ4n) is 11.4. The van der Waals surface area contributed by atoms with Crippen molar-refractivity contribution in [1.82, 2.24) is 102 Å². The zero-order valence-electron chi connectivity index (χ0n) is 63.9. The van der Waals surface area contributed by atoms with Crippen LogP contribution in [-0.2, 0) is 32.7 Å². The van der Waals surface area contributed by atoms with Crippen LogP contribution in [0.1, 0.15) is 33.4 Å². The number of aryl methyl sites for hydroxylation is 1. The number of pyridine rings is 5. The van der Waals surface area contributed by atoms with Crippen LogP contribution in [0, 0.1) is 71.7 Å². The van der Waals surface area contributed by atoms with Crippen molar-refractivity contribution in [3.63, 3.8) is 0 Å². The number of benzene rings is 5. The lowest BCUT2D eigenvalue weighted by Gasteiger charge is -2.16. The molecule has 0 radical (unpaired) electrons. The first-order chi connectivity index (χ1) is 57.7. The Bertz CT molecular complexity index is 5620. The fourth-order valence-corrected chi connectivity index (χ4v) is 11.4. The van der Waals surface area contributed by atoms with Gasteiger partial charge < -0.3 is 19.7 Å². The molecule has 5 aromatic carbocycles. The number of halogens is 10. The molecule has 0 unspecified atom stereocenters. The summed E-state index contributed by atoms with van der Waals surface area (Å²) in [5, 5.41) is 19.6. The van der Waals surface area contributed by atoms with E-state index in [0.29, 0.717) is 50.7 Å². The highest BCUT2D eigenvalue weighted by Crippen LogP contribution is 2.36. The van der Waals surface area contributed by atoms with E-state index in [1.54, 1.807) is 165 Å². The monoisotopic (exact) mass is 1630 g/mol. The number of hydrogen-bond acceptors (Lipinski definition) is 22. The molecule has 0 fully saturated rings. The van der Waals surface area contributed by atoms with E-state index in [1.807, 2.05) is 63.1 Å². The van der Waals surface area contributed by atoms with Crippen molar-refractivity contribution >= 4 is 17.1 Å². The summed E-state index contributed by atoms with van der Waals surface area (Å²) in [4.78, 5) is 44.5. The number of hydroxylamine groups is 2. The Kier molecular flexibility index (Phi) is 29.9. The van der Waals surface area contributed by atoms with Crippen molar-refractivity contribution in [2.75, 3.05) is 54.6 Å². The minimum atomic E-state index is -0.945. The van der Waals surface area contributed by atoms with Gasteiger partial charge in [0.1, 0.15) is 58.2 Å². The van der Waals surface area contributed by atoms with E-state index in [1.165, 1.54) is 55.9 Å². The first kappa shape index (κ1) is 85.0. The molecular formula is C81H74F10N26O2. The van der Waals surface area contributed by atoms with Crippen LogP contribution in [-0.4, -0.2) is 103 Å². The number of aromatic nitrogens is 15. The number of hydrazine groups is 3. The number of nitrogens with one attached hydrogen (secondary N) is 8. The normalized spacial score (nSPS) is 10.6. The van der Waals surface area contributed by atoms with E-state index in [9.17, 15) is 43.9 Å². The second kappa shape index (κ2) is 41.9. The van der Waals surface area contributed by atoms with Crippen LogP contribution < -0.4 is 63.5 Å². The summed E-state index contributed by atoms with van der Waals surface area (Å²) in [5.74, 6) is -7.06. The van der Waals surface area contributed by atoms with Gasteiger partial charge in [-0.05, 0) is 162 Å². The highest BCUT2D eigenvalue weighted by Gasteiger charge is 2.23. The Morgan fingerprint density at radius 3 is 1.03 bits per heavy atom. The molecule has 0 bridgehead atoms. The van der Waals surface area contributed by atoms with Crippen molar-refractivity contribution in [3.05, 3.63) is 354 Å². The van der Waals surface area contributed by atoms with Crippen LogP contribution >= 0.6 is 0 Å². The smallest absolute Gasteiger partial charge is 0.257 e. The van der Waals surface area contributed by atoms with Crippen molar-refractivity contribution in [1.29, 1.82) is 0 Å². The SMILES string of the molecule is CN(C)c1ccnc(-c2c(F)cc(F)cc2CNNn2cccn2)c1.CN(C)c1ccnc(-c2c(F)cc(F)cc2CNOn2cccn2)c1.Cc1ccnc(-c2c(F)cc(F)cc2CNNn2cccn2)c1.Fc1cc(F)c(-c2ccccn2)c(CNNn2cccn2)c1.[C-]#[N+]c1c(F)cc(CNOn2cccn2)c(-c2ccccn2)c1F. The molecule has 15 aromatic rings. The van der Waals surface area contributed by atoms with Crippen molar-refractivity contribution < 1.29 is 53.8 Å². The maximum atomic E-state index is 14.6. The zero-order chi connectivity index (χ0) is 84.2. The van der Waals surface area contributed by atoms with Gasteiger partial charge in [0.2, 0.25) is 0 Å². The molecule has 10 aromatic heterocycles. The van der Waals surface area contributed by atoms with Gasteiger partial charge in [-0.25, -0.2) is 81.6 Å². The predicted molar refractivity (Wildman–Crippen MR) is 424 cm³/mol. The summed E-state index contributed by atoms with van der Waals surface area (Å²) in [6.07, 6.45) is 24.0. The first-order valence-electron chi connectivity index (χ1n) is 35.7. The maximum absolute atomic E-state index is 14.6. The molecule has 0 spiro atoms. The summed E-state index contributed by atoms with van der Waals surface area (Å²) in [6.45, 7) is 9.47. The van der Waals surface area contributed by atoms with Gasteiger partial charge in [-0.2, -0.15) is 29.7 Å². The predicted octanol–water partition coefficient (Wildman–Crippen LogP) is 13.1. The van der Waals surface area contributed by atoms with Crippen molar-refractivity contribution in [3.8, 4) is 56.3 Å². The lowest BCUT2D eigenvalue weighted by molar-refractivity contribution is -0.000848. The van der Waals surface area contributed by atoms with Gasteiger partial charge in [0, 0.05) is 161 Å². The Labute approximate surface area is 673 Å². The van der Waals surface area contributed by atoms with Crippen LogP contribution in [0.25, 0.3) is 61.1 Å². The molecule has 15 rings (SSSR count). The molecule has 8 N–H and O–H groups in total. The van der Waals surface area contributed by atoms with Crippen LogP contribution in [0.4, 0.5) is 61.0 Å². The molecule has 0 aliphatic heterocycles. The maximum Gasteiger partial charge on any atom is 0.257 e. The van der Waals surface area contributed by atoms with E-state index in [-0.39, 0.29) is 66.1 Å². The number of rotatable bonds is 27. The Morgan fingerprint density at radius 2 is 0.689 bits per heavy atom. The summed E-state index contributed by atoms with van der Waals surface area (Å²) in [6, 6.07) is 39.1. The molecule has 0 atom stereocenters. The number of hydrogen-bond donors (Lipinski definition) is 8. The average molecular weight is 1630 g/mol. The molecule has 0 aliphatic rings. The van der Waals surface area contributed by atoms with E-state index in [0.717, 1.165) is 52.1 Å². The Morgan fingerprint density at radius 1 is 0.345 bits per heavy atom. The molecular weight excluding hydrogens is 1560 g/mol. The second-order valence-electron chi connectivity index (χ2n) is 25.5. The Hall–Kier alpha value is -14.9. The van der Waals surface area contributed by atoms with Gasteiger partial charge in [0.05, 0.1) is 91.5 Å². The van der Waals surface area contributed by atoms with E-state index in [4.69, 9.17) is 16.4 Å². The fraction of sp³-hybridized carbons (Fsp3) is 0.123. The van der Waals surface area contributed by atoms with Gasteiger partial charge in [0.15, 0.2) is 0 Å². The highest BCUT2D eigenvalue weighted by molar-refractivity contribution is 5.73. The quantitative estimate of drug-likeness (QED) is 0.0135. The third-order valence-electron chi connectivity index (χ3n) is 16.7. The zero-order valence-corrected chi connectivity index (χ0v) is 63.9. The van der Waals surface area contributed by atoms with Gasteiger partial charge >= 0.3 is 0 Å². The van der Waals surface area contributed by atoms with E-state index in [2.05, 4.69) is 99.1 Å². The van der Waals surface area contributed by atoms with Crippen LogP contribution in [0.5, 0.6) is 0 Å². The lowest BCUT2D eigenvalue weighted by atomic mass is 10.0. The minimum Gasteiger partial charge on any atom is -0.378 e. The molecule has 28 nitrogen and oxygen atoms in total. The standard InChI is InChI=1S/C17H18F2N6.C17H17F2N5O.C16H11F2N5O.C16H15F2N5.C15H13F2N5/c1-24(2)14-4-6-20-16(10-14)17-12(8-13(18)9-15(17)19)11-21-23-25-7-3-5-22-25;1-23(2)14-4-6-20-16(10-14)17-12(8-13(18)9-15(17)19)11-22-25-24-7-3-5-21-24;1-19-16-12(17)9-11(10-22-24-23-8-4-7-21-23)14(15(16)18)13-5-2-3-6-20-13;1-11-3-5-19-15(7-11)16-12(8-13(17)9-14(16)18)10-20-22-23-6-2-4-21-23;16-12-8-11(10-19-21-22-7-3-6-20-22)15(13(17)9-12)14-4-1-2-5-18-14/h3-10,21,23H,11H2,1-2H3;3-10,22H,11H2,1-2H3;2-9,22H,10H2;2-9,20,22H,10H2,1H3;1-9,19,21H,10H2. The number of anilines is 2. The minimum absolute atomic E-state index is 0.0160. The lowest BCUT2D eigenvalue weighted by Crippen LogP contribution is -2.30. The molecule has 0 aliphatic carbocycles. The largest absolute Gasteiger partial charge is 0.378 e. The van der Waals surface area contributed by atoms with Crippen LogP contribution in [0.15, 0.2) is 251 Å². The third kappa shape index (κ3) is 23.9. The van der Waals surface area contributed by atoms with Crippen LogP contribution in [0.2, 0.25) is 0 Å². The van der Waals surface area contributed by atoms with Crippen LogP contribution in [0.3, 0.4) is 0 Å². The summed E-state index contributed by atoms with van der Waals surface area (Å²) in [5.41, 5.74) is 29.4. The summed E-state index contributed by atoms with van der Waals surface area (Å²) >= 11 is 0. The van der Waals surface area contributed by atoms with Crippen molar-refractivity contribution in [2.24, 2.45) is 0 Å². The molecule has 119 heavy (non-hydrogen) atoms. The van der Waals surface area contributed by atoms with Gasteiger partial charge in [-0.3, -0.25) is 24.9 Å². The number of nitrogens with zero attached hydrogens (tertiary/aromatic N) is 18. The third-order valence-corrected chi connectivity index (χ3v) is 16.7. The molecule has 610 valence electrons. The second-order valence-corrected chi connectivity index (χ2v) is 25.5.